The summed E-state index contributed by atoms with van der Waals surface area (Å²) in [6.07, 6.45) is 0. The van der Waals surface area contributed by atoms with Gasteiger partial charge in [0.05, 0.1) is 0 Å². The van der Waals surface area contributed by atoms with Crippen molar-refractivity contribution in [1.29, 1.82) is 0 Å². The maximum Gasteiger partial charge on any atom is 0.332 e. The van der Waals surface area contributed by atoms with E-state index in [0.717, 1.165) is 0 Å². The van der Waals surface area contributed by atoms with Crippen LogP contribution in [-0.4, -0.2) is 39.4 Å². The molecule has 0 rings (SSSR count). The Labute approximate surface area is 79.6 Å². The minimum atomic E-state index is -0.295. The Kier molecular flexibility index (Phi) is 7.63. The summed E-state index contributed by atoms with van der Waals surface area (Å²) in [5.41, 5.74) is 0. The number of rotatable bonds is 7. The van der Waals surface area contributed by atoms with Crippen molar-refractivity contribution in [3.8, 4) is 0 Å². The number of ether oxygens (including phenoxy) is 2. The van der Waals surface area contributed by atoms with Gasteiger partial charge in [-0.1, -0.05) is 13.8 Å². The quantitative estimate of drug-likeness (QED) is 0.466. The Bertz CT molecular complexity index is 137. The predicted molar refractivity (Wildman–Crippen MR) is 50.5 cm³/mol. The topological polar surface area (TPSA) is 47.6 Å². The number of carbonyl (C=O) groups is 1. The van der Waals surface area contributed by atoms with Crippen LogP contribution in [0.25, 0.3) is 0 Å². The Balaban J connectivity index is 3.20. The zero-order valence-electron chi connectivity index (χ0n) is 8.63. The van der Waals surface area contributed by atoms with Gasteiger partial charge < -0.3 is 14.8 Å². The van der Waals surface area contributed by atoms with Crippen LogP contribution in [0, 0.1) is 5.92 Å². The first kappa shape index (κ1) is 12.4. The smallest absolute Gasteiger partial charge is 0.332 e. The normalized spacial score (nSPS) is 10.5. The highest BCUT2D eigenvalue weighted by Gasteiger charge is 2.02. The van der Waals surface area contributed by atoms with E-state index in [2.05, 4.69) is 5.32 Å². The molecular weight excluding hydrogens is 170 g/mol. The fraction of sp³-hybridized carbons (Fsp3) is 0.889. The van der Waals surface area contributed by atoms with E-state index in [0.29, 0.717) is 25.7 Å². The second kappa shape index (κ2) is 8.01. The van der Waals surface area contributed by atoms with Crippen molar-refractivity contribution in [2.75, 3.05) is 33.4 Å². The molecule has 0 bridgehead atoms. The van der Waals surface area contributed by atoms with E-state index in [4.69, 9.17) is 9.47 Å². The van der Waals surface area contributed by atoms with Crippen molar-refractivity contribution >= 4 is 5.97 Å². The number of esters is 1. The Morgan fingerprint density at radius 3 is 2.69 bits per heavy atom. The van der Waals surface area contributed by atoms with Crippen molar-refractivity contribution in [3.63, 3.8) is 0 Å². The first-order valence-electron chi connectivity index (χ1n) is 4.54. The molecule has 4 heteroatoms. The molecule has 0 aliphatic rings. The molecule has 13 heavy (non-hydrogen) atoms. The van der Waals surface area contributed by atoms with E-state index in [1.54, 1.807) is 0 Å². The van der Waals surface area contributed by atoms with Crippen LogP contribution in [0.4, 0.5) is 0 Å². The second-order valence-electron chi connectivity index (χ2n) is 3.23. The molecule has 0 heterocycles. The van der Waals surface area contributed by atoms with Crippen molar-refractivity contribution in [3.05, 3.63) is 0 Å². The number of nitrogens with one attached hydrogen (secondary N) is 1. The van der Waals surface area contributed by atoms with Crippen LogP contribution >= 0.6 is 0 Å². The van der Waals surface area contributed by atoms with Crippen molar-refractivity contribution in [2.45, 2.75) is 13.8 Å². The minimum Gasteiger partial charge on any atom is -0.463 e. The van der Waals surface area contributed by atoms with Crippen LogP contribution in [0.2, 0.25) is 0 Å². The summed E-state index contributed by atoms with van der Waals surface area (Å²) >= 11 is 0. The molecule has 78 valence electrons. The van der Waals surface area contributed by atoms with Crippen LogP contribution in [0.15, 0.2) is 0 Å². The lowest BCUT2D eigenvalue weighted by Gasteiger charge is -2.06. The average molecular weight is 189 g/mol. The maximum absolute atomic E-state index is 10.9. The van der Waals surface area contributed by atoms with Crippen molar-refractivity contribution in [2.24, 2.45) is 5.92 Å². The van der Waals surface area contributed by atoms with Gasteiger partial charge in [-0.25, -0.2) is 4.79 Å². The van der Waals surface area contributed by atoms with Gasteiger partial charge >= 0.3 is 5.97 Å². The number of hydrogen-bond donors (Lipinski definition) is 1. The van der Waals surface area contributed by atoms with Crippen molar-refractivity contribution in [1.82, 2.24) is 5.32 Å². The van der Waals surface area contributed by atoms with Gasteiger partial charge in [0, 0.05) is 13.2 Å². The molecule has 0 fully saturated rings. The summed E-state index contributed by atoms with van der Waals surface area (Å²) < 4.78 is 9.93. The summed E-state index contributed by atoms with van der Waals surface area (Å²) in [5.74, 6) is 0.154. The molecule has 0 saturated heterocycles. The van der Waals surface area contributed by atoms with Gasteiger partial charge in [-0.15, -0.1) is 0 Å². The average Bonchev–Trinajstić information content (AvgIpc) is 2.04. The third-order valence-electron chi connectivity index (χ3n) is 1.29. The standard InChI is InChI=1S/C9H19NO3/c1-8(2)6-12-7-9(11)13-5-4-10-3/h8,10H,4-7H2,1-3H3. The van der Waals surface area contributed by atoms with Crippen molar-refractivity contribution < 1.29 is 14.3 Å². The molecule has 0 spiro atoms. The summed E-state index contributed by atoms with van der Waals surface area (Å²) in [6, 6.07) is 0. The number of carbonyl (C=O) groups excluding carboxylic acids is 1. The first-order valence-corrected chi connectivity index (χ1v) is 4.54. The molecule has 0 atom stereocenters. The second-order valence-corrected chi connectivity index (χ2v) is 3.23. The molecule has 0 radical (unpaired) electrons. The van der Waals surface area contributed by atoms with Crippen LogP contribution in [0.3, 0.4) is 0 Å². The third kappa shape index (κ3) is 9.30. The Hall–Kier alpha value is -0.610. The molecule has 1 N–H and O–H groups in total. The molecule has 0 aliphatic carbocycles. The van der Waals surface area contributed by atoms with Gasteiger partial charge in [0.1, 0.15) is 13.2 Å². The molecule has 0 aromatic heterocycles. The summed E-state index contributed by atoms with van der Waals surface area (Å²) in [4.78, 5) is 10.9. The molecule has 0 saturated carbocycles. The van der Waals surface area contributed by atoms with E-state index < -0.39 is 0 Å². The van der Waals surface area contributed by atoms with Crippen LogP contribution in [-0.2, 0) is 14.3 Å². The molecule has 0 aliphatic heterocycles. The van der Waals surface area contributed by atoms with E-state index in [-0.39, 0.29) is 12.6 Å². The van der Waals surface area contributed by atoms with E-state index in [1.165, 1.54) is 0 Å². The highest BCUT2D eigenvalue weighted by Crippen LogP contribution is 1.92. The molecule has 4 nitrogen and oxygen atoms in total. The fourth-order valence-corrected chi connectivity index (χ4v) is 0.687. The third-order valence-corrected chi connectivity index (χ3v) is 1.29. The molecule has 0 amide bonds. The lowest BCUT2D eigenvalue weighted by molar-refractivity contribution is -0.149. The van der Waals surface area contributed by atoms with Crippen LogP contribution in [0.1, 0.15) is 13.8 Å². The highest BCUT2D eigenvalue weighted by molar-refractivity contribution is 5.70. The predicted octanol–water partition coefficient (Wildman–Crippen LogP) is 0.422. The molecule has 0 aromatic carbocycles. The van der Waals surface area contributed by atoms with Gasteiger partial charge in [-0.05, 0) is 13.0 Å². The fourth-order valence-electron chi connectivity index (χ4n) is 0.687. The zero-order valence-corrected chi connectivity index (χ0v) is 8.63. The number of likely N-dealkylation sites (N-methyl/N-ethyl adjacent to an activating group) is 1. The van der Waals surface area contributed by atoms with Gasteiger partial charge in [0.15, 0.2) is 0 Å². The van der Waals surface area contributed by atoms with Crippen LogP contribution < -0.4 is 5.32 Å². The first-order chi connectivity index (χ1) is 6.16. The van der Waals surface area contributed by atoms with E-state index in [1.807, 2.05) is 20.9 Å². The van der Waals surface area contributed by atoms with E-state index in [9.17, 15) is 4.79 Å². The Morgan fingerprint density at radius 2 is 2.15 bits per heavy atom. The highest BCUT2D eigenvalue weighted by atomic mass is 16.6. The lowest BCUT2D eigenvalue weighted by Crippen LogP contribution is -2.20. The number of hydrogen-bond acceptors (Lipinski definition) is 4. The van der Waals surface area contributed by atoms with Gasteiger partial charge in [0.2, 0.25) is 0 Å². The Morgan fingerprint density at radius 1 is 1.46 bits per heavy atom. The zero-order chi connectivity index (χ0) is 10.1. The molecular formula is C9H19NO3. The lowest BCUT2D eigenvalue weighted by atomic mass is 10.2. The summed E-state index contributed by atoms with van der Waals surface area (Å²) in [6.45, 7) is 5.80. The molecule has 0 aromatic rings. The minimum absolute atomic E-state index is 0.0574. The largest absolute Gasteiger partial charge is 0.463 e. The van der Waals surface area contributed by atoms with Gasteiger partial charge in [-0.2, -0.15) is 0 Å². The van der Waals surface area contributed by atoms with Gasteiger partial charge in [-0.3, -0.25) is 0 Å². The SMILES string of the molecule is CNCCOC(=O)COCC(C)C. The van der Waals surface area contributed by atoms with Crippen LogP contribution in [0.5, 0.6) is 0 Å². The van der Waals surface area contributed by atoms with E-state index >= 15 is 0 Å². The summed E-state index contributed by atoms with van der Waals surface area (Å²) in [5, 5.41) is 2.88. The van der Waals surface area contributed by atoms with Gasteiger partial charge in [0.25, 0.3) is 0 Å². The summed E-state index contributed by atoms with van der Waals surface area (Å²) in [7, 11) is 1.81. The molecule has 0 unspecified atom stereocenters. The monoisotopic (exact) mass is 189 g/mol. The maximum atomic E-state index is 10.9.